The quantitative estimate of drug-likeness (QED) is 0.106. The van der Waals surface area contributed by atoms with Crippen molar-refractivity contribution in [1.29, 1.82) is 0 Å². The maximum absolute atomic E-state index is 14.3. The summed E-state index contributed by atoms with van der Waals surface area (Å²) in [4.78, 5) is 42.9. The number of carbonyl (C=O) groups is 2. The third-order valence-corrected chi connectivity index (χ3v) is 6.14. The molecule has 0 unspecified atom stereocenters. The second-order valence-electron chi connectivity index (χ2n) is 8.54. The Labute approximate surface area is 225 Å². The predicted molar refractivity (Wildman–Crippen MR) is 146 cm³/mol. The molecule has 3 rings (SSSR count). The summed E-state index contributed by atoms with van der Waals surface area (Å²) < 4.78 is 0. The number of carbonyl (C=O) groups excluding carboxylic acids is 2. The SMILES string of the molecule is NC(=O)[C@@H](CCCN=C(N)N[N+](=O)[O-])N(Cc1ccc(Cl)cc1)C(=O)C(c1ccccc1)c1ccccc1. The fourth-order valence-electron chi connectivity index (χ4n) is 4.13. The minimum atomic E-state index is -0.965. The number of nitrogens with one attached hydrogen (secondary N) is 1. The van der Waals surface area contributed by atoms with Crippen LogP contribution >= 0.6 is 11.6 Å². The van der Waals surface area contributed by atoms with Crippen LogP contribution in [0.15, 0.2) is 89.9 Å². The third kappa shape index (κ3) is 8.04. The van der Waals surface area contributed by atoms with Crippen molar-refractivity contribution in [2.45, 2.75) is 31.3 Å². The lowest BCUT2D eigenvalue weighted by atomic mass is 9.89. The van der Waals surface area contributed by atoms with E-state index in [4.69, 9.17) is 23.1 Å². The third-order valence-electron chi connectivity index (χ3n) is 5.89. The monoisotopic (exact) mass is 536 g/mol. The van der Waals surface area contributed by atoms with Gasteiger partial charge in [0.15, 0.2) is 5.03 Å². The van der Waals surface area contributed by atoms with E-state index >= 15 is 0 Å². The van der Waals surface area contributed by atoms with Gasteiger partial charge in [0.1, 0.15) is 6.04 Å². The first-order valence-corrected chi connectivity index (χ1v) is 12.3. The van der Waals surface area contributed by atoms with E-state index in [0.717, 1.165) is 16.7 Å². The molecule has 2 amide bonds. The van der Waals surface area contributed by atoms with E-state index in [1.54, 1.807) is 29.7 Å². The van der Waals surface area contributed by atoms with Crippen LogP contribution in [-0.4, -0.2) is 40.3 Å². The first-order chi connectivity index (χ1) is 18.3. The maximum Gasteiger partial charge on any atom is 0.251 e. The van der Waals surface area contributed by atoms with Crippen LogP contribution < -0.4 is 16.9 Å². The lowest BCUT2D eigenvalue weighted by Gasteiger charge is -2.33. The molecule has 0 radical (unpaired) electrons. The Morgan fingerprint density at radius 1 is 0.947 bits per heavy atom. The van der Waals surface area contributed by atoms with Crippen LogP contribution in [0.2, 0.25) is 5.02 Å². The number of hydrazine groups is 1. The summed E-state index contributed by atoms with van der Waals surface area (Å²) in [5.41, 5.74) is 15.4. The number of hydrogen-bond donors (Lipinski definition) is 3. The Morgan fingerprint density at radius 3 is 2.00 bits per heavy atom. The summed E-state index contributed by atoms with van der Waals surface area (Å²) in [7, 11) is 0. The van der Waals surface area contributed by atoms with Crippen LogP contribution in [0.5, 0.6) is 0 Å². The summed E-state index contributed by atoms with van der Waals surface area (Å²) in [5.74, 6) is -2.00. The number of aliphatic imine (C=N–C) groups is 1. The maximum atomic E-state index is 14.3. The molecular weight excluding hydrogens is 508 g/mol. The van der Waals surface area contributed by atoms with Gasteiger partial charge in [-0.2, -0.15) is 0 Å². The van der Waals surface area contributed by atoms with E-state index in [9.17, 15) is 19.7 Å². The van der Waals surface area contributed by atoms with Crippen molar-refractivity contribution in [3.8, 4) is 0 Å². The Bertz CT molecular complexity index is 1220. The van der Waals surface area contributed by atoms with E-state index in [-0.39, 0.29) is 31.4 Å². The molecule has 198 valence electrons. The number of nitrogens with zero attached hydrogens (tertiary/aromatic N) is 3. The van der Waals surface area contributed by atoms with Crippen LogP contribution in [0.4, 0.5) is 0 Å². The highest BCUT2D eigenvalue weighted by Crippen LogP contribution is 2.29. The number of amides is 2. The number of nitro groups is 1. The molecule has 0 fully saturated rings. The molecule has 3 aromatic rings. The van der Waals surface area contributed by atoms with E-state index < -0.39 is 22.9 Å². The minimum absolute atomic E-state index is 0.0974. The number of benzene rings is 3. The molecule has 3 aromatic carbocycles. The molecule has 0 saturated carbocycles. The minimum Gasteiger partial charge on any atom is -0.368 e. The van der Waals surface area contributed by atoms with Gasteiger partial charge in [0.2, 0.25) is 11.8 Å². The second-order valence-corrected chi connectivity index (χ2v) is 8.98. The molecule has 0 heterocycles. The lowest BCUT2D eigenvalue weighted by molar-refractivity contribution is -0.525. The fraction of sp³-hybridized carbons (Fsp3) is 0.222. The van der Waals surface area contributed by atoms with Crippen molar-refractivity contribution in [3.63, 3.8) is 0 Å². The Kier molecular flexibility index (Phi) is 10.2. The van der Waals surface area contributed by atoms with Crippen LogP contribution in [0.1, 0.15) is 35.4 Å². The van der Waals surface area contributed by atoms with Crippen molar-refractivity contribution in [2.24, 2.45) is 16.5 Å². The van der Waals surface area contributed by atoms with Gasteiger partial charge in [-0.3, -0.25) is 9.59 Å². The number of hydrogen-bond acceptors (Lipinski definition) is 5. The average molecular weight is 537 g/mol. The Morgan fingerprint density at radius 2 is 1.50 bits per heavy atom. The van der Waals surface area contributed by atoms with Crippen molar-refractivity contribution in [1.82, 2.24) is 10.3 Å². The van der Waals surface area contributed by atoms with Crippen molar-refractivity contribution in [2.75, 3.05) is 6.54 Å². The van der Waals surface area contributed by atoms with E-state index in [2.05, 4.69) is 4.99 Å². The van der Waals surface area contributed by atoms with Gasteiger partial charge in [0, 0.05) is 18.1 Å². The van der Waals surface area contributed by atoms with E-state index in [1.807, 2.05) is 60.7 Å². The smallest absolute Gasteiger partial charge is 0.251 e. The standard InChI is InChI=1S/C27H29ClN6O4/c28-22-15-13-19(14-16-22)18-33(23(25(29)35)12-7-17-31-27(30)32-34(37)38)26(36)24(20-8-3-1-4-9-20)21-10-5-2-6-11-21/h1-6,8-11,13-16,23-24H,7,12,17-18H2,(H2,29,35)(H3,30,31,32)/t23-/m1/s1. The normalized spacial score (nSPS) is 12.1. The molecule has 5 N–H and O–H groups in total. The second kappa shape index (κ2) is 13.8. The first kappa shape index (κ1) is 28.1. The molecule has 0 aliphatic carbocycles. The van der Waals surface area contributed by atoms with Gasteiger partial charge in [-0.15, -0.1) is 0 Å². The predicted octanol–water partition coefficient (Wildman–Crippen LogP) is 3.23. The van der Waals surface area contributed by atoms with Crippen molar-refractivity contribution in [3.05, 3.63) is 117 Å². The molecule has 0 aliphatic heterocycles. The Balaban J connectivity index is 1.96. The van der Waals surface area contributed by atoms with Crippen LogP contribution in [0, 0.1) is 10.1 Å². The van der Waals surface area contributed by atoms with Gasteiger partial charge in [0.05, 0.1) is 5.92 Å². The van der Waals surface area contributed by atoms with Gasteiger partial charge in [-0.25, -0.2) is 15.1 Å². The summed E-state index contributed by atoms with van der Waals surface area (Å²) >= 11 is 6.05. The van der Waals surface area contributed by atoms with Crippen LogP contribution in [0.3, 0.4) is 0 Å². The fourth-order valence-corrected chi connectivity index (χ4v) is 4.25. The molecule has 10 nitrogen and oxygen atoms in total. The molecule has 0 bridgehead atoms. The van der Waals surface area contributed by atoms with Gasteiger partial charge >= 0.3 is 0 Å². The Hall–Kier alpha value is -4.44. The average Bonchev–Trinajstić information content (AvgIpc) is 2.89. The molecule has 11 heteroatoms. The zero-order valence-corrected chi connectivity index (χ0v) is 21.3. The molecule has 0 spiro atoms. The summed E-state index contributed by atoms with van der Waals surface area (Å²) in [5, 5.41) is 10.2. The number of halogens is 1. The van der Waals surface area contributed by atoms with Crippen LogP contribution in [-0.2, 0) is 16.1 Å². The van der Waals surface area contributed by atoms with Gasteiger partial charge in [0.25, 0.3) is 5.96 Å². The number of nitrogens with two attached hydrogens (primary N) is 2. The van der Waals surface area contributed by atoms with Gasteiger partial charge in [-0.1, -0.05) is 89.8 Å². The highest BCUT2D eigenvalue weighted by molar-refractivity contribution is 6.30. The van der Waals surface area contributed by atoms with Gasteiger partial charge < -0.3 is 16.4 Å². The van der Waals surface area contributed by atoms with E-state index in [1.165, 1.54) is 4.90 Å². The first-order valence-electron chi connectivity index (χ1n) is 11.9. The summed E-state index contributed by atoms with van der Waals surface area (Å²) in [6.07, 6.45) is 0.486. The molecule has 0 saturated heterocycles. The molecule has 0 aromatic heterocycles. The van der Waals surface area contributed by atoms with Gasteiger partial charge in [-0.05, 0) is 41.7 Å². The number of guanidine groups is 1. The molecule has 0 aliphatic rings. The van der Waals surface area contributed by atoms with Crippen molar-refractivity contribution >= 4 is 29.4 Å². The highest BCUT2D eigenvalue weighted by atomic mass is 35.5. The van der Waals surface area contributed by atoms with Crippen LogP contribution in [0.25, 0.3) is 0 Å². The molecule has 38 heavy (non-hydrogen) atoms. The summed E-state index contributed by atoms with van der Waals surface area (Å²) in [6.45, 7) is 0.217. The number of primary amides is 1. The molecule has 1 atom stereocenters. The highest BCUT2D eigenvalue weighted by Gasteiger charge is 2.34. The van der Waals surface area contributed by atoms with E-state index in [0.29, 0.717) is 11.4 Å². The number of rotatable bonds is 12. The largest absolute Gasteiger partial charge is 0.368 e. The zero-order valence-electron chi connectivity index (χ0n) is 20.6. The molecular formula is C27H29ClN6O4. The van der Waals surface area contributed by atoms with Crippen molar-refractivity contribution < 1.29 is 14.6 Å². The summed E-state index contributed by atoms with van der Waals surface area (Å²) in [6, 6.07) is 24.7. The topological polar surface area (TPSA) is 157 Å². The zero-order chi connectivity index (χ0) is 27.5. The lowest BCUT2D eigenvalue weighted by Crippen LogP contribution is -2.49.